The minimum atomic E-state index is -1.91. The Bertz CT molecular complexity index is 1610. The summed E-state index contributed by atoms with van der Waals surface area (Å²) in [6.07, 6.45) is 0. The molecule has 0 bridgehead atoms. The van der Waals surface area contributed by atoms with E-state index < -0.39 is 14.5 Å². The molecule has 47 heavy (non-hydrogen) atoms. The van der Waals surface area contributed by atoms with Crippen LogP contribution in [0.15, 0.2) is 212 Å². The van der Waals surface area contributed by atoms with Gasteiger partial charge in [0.2, 0.25) is 0 Å². The first-order chi connectivity index (χ1) is 22.2. The molecule has 0 saturated heterocycles. The van der Waals surface area contributed by atoms with Gasteiger partial charge in [-0.25, -0.2) is 0 Å². The van der Waals surface area contributed by atoms with Gasteiger partial charge in [-0.3, -0.25) is 0 Å². The van der Waals surface area contributed by atoms with Gasteiger partial charge in [0.15, 0.2) is 0 Å². The van der Waals surface area contributed by atoms with Gasteiger partial charge in [0.1, 0.15) is 51.7 Å². The Kier molecular flexibility index (Phi) is 13.5. The summed E-state index contributed by atoms with van der Waals surface area (Å²) in [5.74, 6) is 0. The zero-order chi connectivity index (χ0) is 30.8. The first-order valence-electron chi connectivity index (χ1n) is 15.4. The van der Waals surface area contributed by atoms with Gasteiger partial charge in [-0.1, -0.05) is 127 Å². The quantitative estimate of drug-likeness (QED) is 0.172. The van der Waals surface area contributed by atoms with Crippen LogP contribution in [0.25, 0.3) is 0 Å². The molecule has 0 aromatic heterocycles. The molecule has 4 heteroatoms. The fourth-order valence-electron chi connectivity index (χ4n) is 6.13. The molecule has 7 rings (SSSR count). The van der Waals surface area contributed by atoms with E-state index in [9.17, 15) is 0 Å². The molecule has 0 fully saturated rings. The molecule has 0 heterocycles. The summed E-state index contributed by atoms with van der Waals surface area (Å²) in [4.78, 5) is 0. The average molecular weight is 779 g/mol. The van der Waals surface area contributed by atoms with Gasteiger partial charge in [0, 0.05) is 0 Å². The standard InChI is InChI=1S/C24H20P.C19H18P.ClH.HI/c1-5-13-21(14-6-1)25(22-15-7-2-8-16-22,23-17-9-3-10-18-23)24-19-11-4-12-20-24;1-20(17-11-5-2-6-12-17,18-13-7-3-8-14-18)19-15-9-4-10-16-19;;/h1-20H;2-16H,1H3;2*1H/q2*+1;;/p-2. The molecule has 0 spiro atoms. The van der Waals surface area contributed by atoms with Crippen molar-refractivity contribution in [2.24, 2.45) is 0 Å². The average Bonchev–Trinajstić information content (AvgIpc) is 3.15. The molecular weight excluding hydrogens is 741 g/mol. The maximum absolute atomic E-state index is 2.41. The Balaban J connectivity index is 0.000000209. The predicted molar refractivity (Wildman–Crippen MR) is 202 cm³/mol. The Morgan fingerprint density at radius 2 is 0.404 bits per heavy atom. The number of hydrogen-bond donors (Lipinski definition) is 0. The van der Waals surface area contributed by atoms with Crippen molar-refractivity contribution < 1.29 is 36.4 Å². The molecule has 0 unspecified atom stereocenters. The molecule has 7 aromatic carbocycles. The van der Waals surface area contributed by atoms with Gasteiger partial charge >= 0.3 is 0 Å². The highest BCUT2D eigenvalue weighted by Crippen LogP contribution is 2.54. The fraction of sp³-hybridized carbons (Fsp3) is 0.0233. The molecule has 0 aliphatic rings. The second kappa shape index (κ2) is 17.5. The second-order valence-electron chi connectivity index (χ2n) is 11.0. The Labute approximate surface area is 305 Å². The first-order valence-corrected chi connectivity index (χ1v) is 19.4. The van der Waals surface area contributed by atoms with Crippen molar-refractivity contribution >= 4 is 51.7 Å². The van der Waals surface area contributed by atoms with Crippen LogP contribution >= 0.6 is 14.5 Å². The molecule has 7 aromatic rings. The number of rotatable bonds is 7. The van der Waals surface area contributed by atoms with E-state index in [4.69, 9.17) is 0 Å². The van der Waals surface area contributed by atoms with Crippen LogP contribution in [0.5, 0.6) is 0 Å². The predicted octanol–water partition coefficient (Wildman–Crippen LogP) is 1.92. The third kappa shape index (κ3) is 7.77. The highest BCUT2D eigenvalue weighted by Gasteiger charge is 2.47. The smallest absolute Gasteiger partial charge is 0.144 e. The van der Waals surface area contributed by atoms with Crippen LogP contribution in [-0.4, -0.2) is 6.66 Å². The molecule has 0 N–H and O–H groups in total. The van der Waals surface area contributed by atoms with Crippen molar-refractivity contribution in [3.63, 3.8) is 0 Å². The van der Waals surface area contributed by atoms with Crippen molar-refractivity contribution in [1.82, 2.24) is 0 Å². The zero-order valence-corrected chi connectivity index (χ0v) is 31.1. The van der Waals surface area contributed by atoms with Crippen molar-refractivity contribution in [2.45, 2.75) is 0 Å². The van der Waals surface area contributed by atoms with Crippen molar-refractivity contribution in [3.05, 3.63) is 212 Å². The van der Waals surface area contributed by atoms with Crippen LogP contribution < -0.4 is 73.5 Å². The lowest BCUT2D eigenvalue weighted by Crippen LogP contribution is -3.00. The van der Waals surface area contributed by atoms with Gasteiger partial charge in [0.25, 0.3) is 0 Å². The molecular formula is C43H38ClIP2. The van der Waals surface area contributed by atoms with E-state index >= 15 is 0 Å². The van der Waals surface area contributed by atoms with E-state index in [1.165, 1.54) is 37.1 Å². The summed E-state index contributed by atoms with van der Waals surface area (Å²) in [7, 11) is -3.43. The minimum absolute atomic E-state index is 0. The molecule has 0 atom stereocenters. The number of benzene rings is 7. The van der Waals surface area contributed by atoms with Crippen LogP contribution in [0.4, 0.5) is 0 Å². The van der Waals surface area contributed by atoms with E-state index in [1.807, 2.05) is 0 Å². The summed E-state index contributed by atoms with van der Waals surface area (Å²) in [5.41, 5.74) is 0. The third-order valence-electron chi connectivity index (χ3n) is 8.39. The monoisotopic (exact) mass is 778 g/mol. The molecule has 234 valence electrons. The molecule has 0 nitrogen and oxygen atoms in total. The fourth-order valence-corrected chi connectivity index (χ4v) is 13.6. The maximum Gasteiger partial charge on any atom is 0.144 e. The lowest BCUT2D eigenvalue weighted by atomic mass is 10.3. The van der Waals surface area contributed by atoms with Gasteiger partial charge in [-0.2, -0.15) is 0 Å². The Hall–Kier alpha value is -3.58. The number of halogens is 2. The van der Waals surface area contributed by atoms with Gasteiger partial charge in [-0.05, 0) is 84.9 Å². The molecule has 0 aliphatic heterocycles. The molecule has 0 radical (unpaired) electrons. The van der Waals surface area contributed by atoms with E-state index in [2.05, 4.69) is 219 Å². The topological polar surface area (TPSA) is 0 Å². The highest BCUT2D eigenvalue weighted by atomic mass is 127. The van der Waals surface area contributed by atoms with Gasteiger partial charge < -0.3 is 36.4 Å². The zero-order valence-electron chi connectivity index (χ0n) is 26.4. The SMILES string of the molecule is C[P+](c1ccccc1)(c1ccccc1)c1ccccc1.[Cl-].[I-].c1ccc([P+](c2ccccc2)(c2ccccc2)c2ccccc2)cc1. The first kappa shape index (κ1) is 36.3. The second-order valence-corrected chi connectivity index (χ2v) is 18.0. The van der Waals surface area contributed by atoms with Crippen molar-refractivity contribution in [1.29, 1.82) is 0 Å². The lowest BCUT2D eigenvalue weighted by Gasteiger charge is -2.27. The van der Waals surface area contributed by atoms with Gasteiger partial charge in [0.05, 0.1) is 6.66 Å². The van der Waals surface area contributed by atoms with Gasteiger partial charge in [-0.15, -0.1) is 0 Å². The summed E-state index contributed by atoms with van der Waals surface area (Å²) in [6.45, 7) is 2.41. The van der Waals surface area contributed by atoms with E-state index in [-0.39, 0.29) is 36.4 Å². The lowest BCUT2D eigenvalue weighted by molar-refractivity contribution is -0.001000. The van der Waals surface area contributed by atoms with Crippen molar-refractivity contribution in [3.8, 4) is 0 Å². The summed E-state index contributed by atoms with van der Waals surface area (Å²) >= 11 is 0. The van der Waals surface area contributed by atoms with E-state index in [0.29, 0.717) is 0 Å². The van der Waals surface area contributed by atoms with Crippen molar-refractivity contribution in [2.75, 3.05) is 6.66 Å². The van der Waals surface area contributed by atoms with Crippen LogP contribution in [0.2, 0.25) is 0 Å². The minimum Gasteiger partial charge on any atom is -1.00 e. The van der Waals surface area contributed by atoms with E-state index in [0.717, 1.165) is 0 Å². The van der Waals surface area contributed by atoms with E-state index in [1.54, 1.807) is 0 Å². The Morgan fingerprint density at radius 1 is 0.255 bits per heavy atom. The third-order valence-corrected chi connectivity index (χ3v) is 16.7. The van der Waals surface area contributed by atoms with Crippen LogP contribution in [0.3, 0.4) is 0 Å². The van der Waals surface area contributed by atoms with Crippen LogP contribution in [-0.2, 0) is 0 Å². The largest absolute Gasteiger partial charge is 1.00 e. The van der Waals surface area contributed by atoms with Crippen LogP contribution in [0, 0.1) is 0 Å². The Morgan fingerprint density at radius 3 is 0.574 bits per heavy atom. The molecule has 0 aliphatic carbocycles. The normalized spacial score (nSPS) is 10.7. The summed E-state index contributed by atoms with van der Waals surface area (Å²) in [5, 5.41) is 9.83. The number of hydrogen-bond acceptors (Lipinski definition) is 0. The highest BCUT2D eigenvalue weighted by molar-refractivity contribution is 8.01. The molecule has 0 amide bonds. The summed E-state index contributed by atoms with van der Waals surface area (Å²) in [6, 6.07) is 76.5. The van der Waals surface area contributed by atoms with Crippen LogP contribution in [0.1, 0.15) is 0 Å². The summed E-state index contributed by atoms with van der Waals surface area (Å²) < 4.78 is 0. The maximum atomic E-state index is 2.41. The molecule has 0 saturated carbocycles.